The van der Waals surface area contributed by atoms with E-state index in [0.29, 0.717) is 5.56 Å². The van der Waals surface area contributed by atoms with Crippen LogP contribution in [0, 0.1) is 0 Å². The van der Waals surface area contributed by atoms with Gasteiger partial charge in [-0.3, -0.25) is 0 Å². The molecular weight excluding hydrogens is 204 g/mol. The van der Waals surface area contributed by atoms with E-state index in [0.717, 1.165) is 11.1 Å². The van der Waals surface area contributed by atoms with E-state index in [1.807, 2.05) is 12.1 Å². The minimum absolute atomic E-state index is 0.337. The van der Waals surface area contributed by atoms with E-state index in [9.17, 15) is 4.79 Å². The maximum absolute atomic E-state index is 11.2. The first-order valence-electron chi connectivity index (χ1n) is 4.75. The largest absolute Gasteiger partial charge is 0.465 e. The minimum atomic E-state index is -0.337. The minimum Gasteiger partial charge on any atom is -0.465 e. The monoisotopic (exact) mass is 214 g/mol. The van der Waals surface area contributed by atoms with Gasteiger partial charge in [0.15, 0.2) is 0 Å². The Morgan fingerprint density at radius 1 is 1.06 bits per heavy atom. The highest BCUT2D eigenvalue weighted by Crippen LogP contribution is 2.17. The zero-order valence-electron chi connectivity index (χ0n) is 8.75. The maximum Gasteiger partial charge on any atom is 0.337 e. The van der Waals surface area contributed by atoms with Gasteiger partial charge in [0, 0.05) is 18.0 Å². The average molecular weight is 214 g/mol. The molecule has 0 N–H and O–H groups in total. The molecule has 0 saturated carbocycles. The van der Waals surface area contributed by atoms with Crippen molar-refractivity contribution in [3.63, 3.8) is 0 Å². The van der Waals surface area contributed by atoms with Gasteiger partial charge in [0.2, 0.25) is 0 Å². The Bertz CT molecular complexity index is 480. The number of rotatable bonds is 2. The third kappa shape index (κ3) is 2.06. The quantitative estimate of drug-likeness (QED) is 0.717. The molecule has 1 heterocycles. The maximum atomic E-state index is 11.2. The van der Waals surface area contributed by atoms with Crippen molar-refractivity contribution in [2.24, 2.45) is 0 Å². The van der Waals surface area contributed by atoms with Gasteiger partial charge in [0.1, 0.15) is 6.33 Å². The number of carbonyl (C=O) groups excluding carboxylic acids is 1. The summed E-state index contributed by atoms with van der Waals surface area (Å²) in [5, 5.41) is 0. The van der Waals surface area contributed by atoms with Gasteiger partial charge in [0.25, 0.3) is 0 Å². The summed E-state index contributed by atoms with van der Waals surface area (Å²) in [6, 6.07) is 7.11. The van der Waals surface area contributed by atoms with E-state index in [4.69, 9.17) is 0 Å². The van der Waals surface area contributed by atoms with Gasteiger partial charge in [0.05, 0.1) is 12.7 Å². The van der Waals surface area contributed by atoms with Crippen LogP contribution < -0.4 is 0 Å². The van der Waals surface area contributed by atoms with Gasteiger partial charge in [-0.2, -0.15) is 0 Å². The predicted molar refractivity (Wildman–Crippen MR) is 58.8 cm³/mol. The molecule has 4 nitrogen and oxygen atoms in total. The zero-order chi connectivity index (χ0) is 11.4. The summed E-state index contributed by atoms with van der Waals surface area (Å²) in [7, 11) is 1.36. The van der Waals surface area contributed by atoms with Gasteiger partial charge in [-0.05, 0) is 17.7 Å². The highest BCUT2D eigenvalue weighted by atomic mass is 16.5. The summed E-state index contributed by atoms with van der Waals surface area (Å²) >= 11 is 0. The first-order valence-corrected chi connectivity index (χ1v) is 4.75. The van der Waals surface area contributed by atoms with Crippen molar-refractivity contribution >= 4 is 5.97 Å². The Labute approximate surface area is 92.9 Å². The highest BCUT2D eigenvalue weighted by molar-refractivity contribution is 5.89. The van der Waals surface area contributed by atoms with Gasteiger partial charge in [-0.25, -0.2) is 14.8 Å². The molecule has 0 aliphatic rings. The number of hydrogen-bond acceptors (Lipinski definition) is 4. The average Bonchev–Trinajstić information content (AvgIpc) is 2.39. The first kappa shape index (κ1) is 10.3. The number of methoxy groups -OCH3 is 1. The topological polar surface area (TPSA) is 52.1 Å². The molecule has 1 aromatic heterocycles. The second kappa shape index (κ2) is 4.53. The summed E-state index contributed by atoms with van der Waals surface area (Å²) in [5.41, 5.74) is 2.41. The normalized spacial score (nSPS) is 9.81. The molecule has 0 atom stereocenters. The molecule has 0 radical (unpaired) electrons. The van der Waals surface area contributed by atoms with E-state index in [1.165, 1.54) is 13.4 Å². The summed E-state index contributed by atoms with van der Waals surface area (Å²) in [5.74, 6) is -0.337. The Morgan fingerprint density at radius 2 is 1.69 bits per heavy atom. The summed E-state index contributed by atoms with van der Waals surface area (Å²) in [6.07, 6.45) is 4.92. The van der Waals surface area contributed by atoms with E-state index >= 15 is 0 Å². The lowest BCUT2D eigenvalue weighted by molar-refractivity contribution is 0.0601. The van der Waals surface area contributed by atoms with Gasteiger partial charge < -0.3 is 4.74 Å². The number of nitrogens with zero attached hydrogens (tertiary/aromatic N) is 2. The molecule has 80 valence electrons. The molecule has 16 heavy (non-hydrogen) atoms. The van der Waals surface area contributed by atoms with Crippen molar-refractivity contribution in [1.29, 1.82) is 0 Å². The lowest BCUT2D eigenvalue weighted by Crippen LogP contribution is -2.00. The molecule has 4 heteroatoms. The number of carbonyl (C=O) groups is 1. The SMILES string of the molecule is COC(=O)c1ccc(-c2cncnc2)cc1. The molecule has 0 fully saturated rings. The van der Waals surface area contributed by atoms with Crippen LogP contribution in [0.4, 0.5) is 0 Å². The molecule has 0 aliphatic heterocycles. The molecule has 0 saturated heterocycles. The van der Waals surface area contributed by atoms with Crippen LogP contribution in [0.15, 0.2) is 43.0 Å². The molecule has 0 aliphatic carbocycles. The third-order valence-electron chi connectivity index (χ3n) is 2.20. The highest BCUT2D eigenvalue weighted by Gasteiger charge is 2.04. The molecular formula is C12H10N2O2. The van der Waals surface area contributed by atoms with E-state index in [1.54, 1.807) is 24.5 Å². The van der Waals surface area contributed by atoms with Crippen molar-refractivity contribution in [2.75, 3.05) is 7.11 Å². The van der Waals surface area contributed by atoms with Crippen molar-refractivity contribution in [3.8, 4) is 11.1 Å². The van der Waals surface area contributed by atoms with Gasteiger partial charge >= 0.3 is 5.97 Å². The van der Waals surface area contributed by atoms with Gasteiger partial charge in [-0.15, -0.1) is 0 Å². The number of esters is 1. The standard InChI is InChI=1S/C12H10N2O2/c1-16-12(15)10-4-2-9(3-5-10)11-6-13-8-14-7-11/h2-8H,1H3. The molecule has 1 aromatic carbocycles. The molecule has 2 rings (SSSR count). The molecule has 0 amide bonds. The van der Waals surface area contributed by atoms with E-state index < -0.39 is 0 Å². The number of hydrogen-bond donors (Lipinski definition) is 0. The Balaban J connectivity index is 2.30. The summed E-state index contributed by atoms with van der Waals surface area (Å²) in [6.45, 7) is 0. The number of benzene rings is 1. The Hall–Kier alpha value is -2.23. The molecule has 2 aromatic rings. The third-order valence-corrected chi connectivity index (χ3v) is 2.20. The van der Waals surface area contributed by atoms with Crippen LogP contribution in [0.3, 0.4) is 0 Å². The van der Waals surface area contributed by atoms with E-state index in [-0.39, 0.29) is 5.97 Å². The van der Waals surface area contributed by atoms with Crippen LogP contribution in [0.5, 0.6) is 0 Å². The number of aromatic nitrogens is 2. The molecule has 0 unspecified atom stereocenters. The van der Waals surface area contributed by atoms with Crippen molar-refractivity contribution < 1.29 is 9.53 Å². The smallest absolute Gasteiger partial charge is 0.337 e. The lowest BCUT2D eigenvalue weighted by Gasteiger charge is -2.02. The van der Waals surface area contributed by atoms with Crippen molar-refractivity contribution in [3.05, 3.63) is 48.5 Å². The van der Waals surface area contributed by atoms with Crippen molar-refractivity contribution in [1.82, 2.24) is 9.97 Å². The first-order chi connectivity index (χ1) is 7.81. The predicted octanol–water partition coefficient (Wildman–Crippen LogP) is 1.93. The van der Waals surface area contributed by atoms with Crippen LogP contribution in [0.2, 0.25) is 0 Å². The van der Waals surface area contributed by atoms with Gasteiger partial charge in [-0.1, -0.05) is 12.1 Å². The van der Waals surface area contributed by atoms with Crippen LogP contribution in [0.1, 0.15) is 10.4 Å². The van der Waals surface area contributed by atoms with Crippen LogP contribution >= 0.6 is 0 Å². The summed E-state index contributed by atoms with van der Waals surface area (Å²) in [4.78, 5) is 19.1. The fourth-order valence-electron chi connectivity index (χ4n) is 1.36. The number of ether oxygens (including phenoxy) is 1. The summed E-state index contributed by atoms with van der Waals surface area (Å²) < 4.78 is 4.62. The second-order valence-corrected chi connectivity index (χ2v) is 3.20. The Morgan fingerprint density at radius 3 is 2.25 bits per heavy atom. The van der Waals surface area contributed by atoms with E-state index in [2.05, 4.69) is 14.7 Å². The molecule has 0 spiro atoms. The zero-order valence-corrected chi connectivity index (χ0v) is 8.75. The second-order valence-electron chi connectivity index (χ2n) is 3.20. The van der Waals surface area contributed by atoms with Crippen molar-refractivity contribution in [2.45, 2.75) is 0 Å². The molecule has 0 bridgehead atoms. The van der Waals surface area contributed by atoms with Crippen LogP contribution in [0.25, 0.3) is 11.1 Å². The Kier molecular flexibility index (Phi) is 2.91. The fraction of sp³-hybridized carbons (Fsp3) is 0.0833. The lowest BCUT2D eigenvalue weighted by atomic mass is 10.1. The van der Waals surface area contributed by atoms with Crippen LogP contribution in [-0.4, -0.2) is 23.0 Å². The van der Waals surface area contributed by atoms with Crippen LogP contribution in [-0.2, 0) is 4.74 Å². The fourth-order valence-corrected chi connectivity index (χ4v) is 1.36.